The van der Waals surface area contributed by atoms with Crippen LogP contribution in [0.4, 0.5) is 22.1 Å². The number of carbonyl (C=O) groups is 1. The third kappa shape index (κ3) is 4.79. The molecule has 8 nitrogen and oxygen atoms in total. The number of anilines is 3. The third-order valence-electron chi connectivity index (χ3n) is 4.38. The van der Waals surface area contributed by atoms with E-state index in [1.54, 1.807) is 43.8 Å². The van der Waals surface area contributed by atoms with Crippen LogP contribution in [-0.2, 0) is 6.54 Å². The first-order valence-electron chi connectivity index (χ1n) is 9.31. The molecule has 0 bridgehead atoms. The average Bonchev–Trinajstić information content (AvgIpc) is 2.78. The Bertz CT molecular complexity index is 1150. The predicted octanol–water partition coefficient (Wildman–Crippen LogP) is 4.29. The van der Waals surface area contributed by atoms with Crippen LogP contribution in [0.3, 0.4) is 0 Å². The molecule has 8 heteroatoms. The summed E-state index contributed by atoms with van der Waals surface area (Å²) in [5.41, 5.74) is 3.36. The molecular weight excluding hydrogens is 380 g/mol. The second-order valence-electron chi connectivity index (χ2n) is 6.49. The van der Waals surface area contributed by atoms with E-state index < -0.39 is 6.03 Å². The van der Waals surface area contributed by atoms with Gasteiger partial charge >= 0.3 is 6.03 Å². The van der Waals surface area contributed by atoms with E-state index >= 15 is 0 Å². The monoisotopic (exact) mass is 400 g/mol. The molecule has 0 saturated carbocycles. The van der Waals surface area contributed by atoms with Gasteiger partial charge in [-0.05, 0) is 54.1 Å². The molecule has 0 atom stereocenters. The Balaban J connectivity index is 1.42. The van der Waals surface area contributed by atoms with Gasteiger partial charge in [-0.15, -0.1) is 0 Å². The molecule has 0 aliphatic rings. The summed E-state index contributed by atoms with van der Waals surface area (Å²) in [6, 6.07) is 16.3. The highest BCUT2D eigenvalue weighted by atomic mass is 16.5. The Hall–Kier alpha value is -4.20. The minimum absolute atomic E-state index is 0.220. The highest BCUT2D eigenvalue weighted by molar-refractivity contribution is 5.99. The molecule has 0 spiro atoms. The maximum absolute atomic E-state index is 12.2. The normalized spacial score (nSPS) is 10.4. The Morgan fingerprint density at radius 2 is 1.83 bits per heavy atom. The van der Waals surface area contributed by atoms with Gasteiger partial charge in [-0.1, -0.05) is 6.07 Å². The van der Waals surface area contributed by atoms with Crippen LogP contribution in [0.2, 0.25) is 0 Å². The minimum atomic E-state index is -0.426. The van der Waals surface area contributed by atoms with Crippen LogP contribution < -0.4 is 20.7 Å². The van der Waals surface area contributed by atoms with Crippen LogP contribution in [0.5, 0.6) is 5.75 Å². The summed E-state index contributed by atoms with van der Waals surface area (Å²) in [7, 11) is 1.59. The van der Waals surface area contributed by atoms with Crippen molar-refractivity contribution in [3.8, 4) is 5.75 Å². The van der Waals surface area contributed by atoms with Gasteiger partial charge < -0.3 is 15.4 Å². The second kappa shape index (κ2) is 8.87. The molecule has 0 saturated heterocycles. The molecule has 2 heterocycles. The van der Waals surface area contributed by atoms with Crippen molar-refractivity contribution in [3.05, 3.63) is 78.8 Å². The van der Waals surface area contributed by atoms with Crippen LogP contribution in [0.15, 0.2) is 73.2 Å². The molecule has 0 aliphatic heterocycles. The lowest BCUT2D eigenvalue weighted by molar-refractivity contribution is 0.262. The Morgan fingerprint density at radius 1 is 1.00 bits per heavy atom. The number of nitrogens with one attached hydrogen (secondary N) is 3. The van der Waals surface area contributed by atoms with Crippen molar-refractivity contribution >= 4 is 34.3 Å². The molecular formula is C22H20N6O2. The minimum Gasteiger partial charge on any atom is -0.497 e. The summed E-state index contributed by atoms with van der Waals surface area (Å²) in [6.07, 6.45) is 5.24. The topological polar surface area (TPSA) is 101 Å². The van der Waals surface area contributed by atoms with E-state index in [1.165, 1.54) is 0 Å². The number of pyridine rings is 1. The number of methoxy groups -OCH3 is 1. The first-order valence-corrected chi connectivity index (χ1v) is 9.31. The lowest BCUT2D eigenvalue weighted by Crippen LogP contribution is -2.20. The number of hydrogen-bond acceptors (Lipinski definition) is 6. The van der Waals surface area contributed by atoms with Crippen molar-refractivity contribution in [1.82, 2.24) is 15.0 Å². The maximum Gasteiger partial charge on any atom is 0.326 e. The maximum atomic E-state index is 12.2. The predicted molar refractivity (Wildman–Crippen MR) is 117 cm³/mol. The van der Waals surface area contributed by atoms with Gasteiger partial charge in [0.1, 0.15) is 5.75 Å². The summed E-state index contributed by atoms with van der Waals surface area (Å²) in [5.74, 6) is 0.935. The standard InChI is InChI=1S/C22H20N6O2/c1-30-19-8-6-17(7-9-19)26-22(29)28-21-25-14-16-4-5-18(11-20(16)27-21)24-13-15-3-2-10-23-12-15/h2-12,14,24H,13H2,1H3,(H2,25,26,27,28,29). The van der Waals surface area contributed by atoms with Crippen molar-refractivity contribution in [3.63, 3.8) is 0 Å². The van der Waals surface area contributed by atoms with Gasteiger partial charge in [-0.3, -0.25) is 10.3 Å². The smallest absolute Gasteiger partial charge is 0.326 e. The fourth-order valence-electron chi connectivity index (χ4n) is 2.84. The van der Waals surface area contributed by atoms with E-state index in [9.17, 15) is 4.79 Å². The van der Waals surface area contributed by atoms with Crippen LogP contribution in [0.1, 0.15) is 5.56 Å². The summed E-state index contributed by atoms with van der Waals surface area (Å²) in [4.78, 5) is 25.0. The van der Waals surface area contributed by atoms with Gasteiger partial charge in [0.2, 0.25) is 5.95 Å². The van der Waals surface area contributed by atoms with Gasteiger partial charge in [0.15, 0.2) is 0 Å². The average molecular weight is 400 g/mol. The fourth-order valence-corrected chi connectivity index (χ4v) is 2.84. The first-order chi connectivity index (χ1) is 14.7. The van der Waals surface area contributed by atoms with Crippen molar-refractivity contribution < 1.29 is 9.53 Å². The number of benzene rings is 2. The quantitative estimate of drug-likeness (QED) is 0.446. The Kier molecular flexibility index (Phi) is 5.66. The van der Waals surface area contributed by atoms with Gasteiger partial charge in [0, 0.05) is 41.9 Å². The molecule has 0 aliphatic carbocycles. The SMILES string of the molecule is COc1ccc(NC(=O)Nc2ncc3ccc(NCc4cccnc4)cc3n2)cc1. The molecule has 4 rings (SSSR count). The molecule has 30 heavy (non-hydrogen) atoms. The zero-order valence-electron chi connectivity index (χ0n) is 16.3. The number of ether oxygens (including phenoxy) is 1. The van der Waals surface area contributed by atoms with E-state index in [0.29, 0.717) is 18.0 Å². The number of nitrogens with zero attached hydrogens (tertiary/aromatic N) is 3. The molecule has 3 N–H and O–H groups in total. The number of fused-ring (bicyclic) bond motifs is 1. The van der Waals surface area contributed by atoms with Crippen molar-refractivity contribution in [2.75, 3.05) is 23.1 Å². The number of carbonyl (C=O) groups excluding carboxylic acids is 1. The van der Waals surface area contributed by atoms with Crippen molar-refractivity contribution in [2.45, 2.75) is 6.54 Å². The molecule has 2 aromatic heterocycles. The lowest BCUT2D eigenvalue weighted by Gasteiger charge is -2.09. The van der Waals surface area contributed by atoms with Gasteiger partial charge in [-0.25, -0.2) is 14.8 Å². The largest absolute Gasteiger partial charge is 0.497 e. The first kappa shape index (κ1) is 19.1. The van der Waals surface area contributed by atoms with E-state index in [0.717, 1.165) is 22.2 Å². The lowest BCUT2D eigenvalue weighted by atomic mass is 10.2. The van der Waals surface area contributed by atoms with E-state index in [1.807, 2.05) is 36.5 Å². The van der Waals surface area contributed by atoms with E-state index in [4.69, 9.17) is 4.74 Å². The summed E-state index contributed by atoms with van der Waals surface area (Å²) in [5, 5.41) is 9.61. The summed E-state index contributed by atoms with van der Waals surface area (Å²) in [6.45, 7) is 0.653. The second-order valence-corrected chi connectivity index (χ2v) is 6.49. The van der Waals surface area contributed by atoms with Crippen LogP contribution in [0.25, 0.3) is 10.9 Å². The van der Waals surface area contributed by atoms with Gasteiger partial charge in [0.25, 0.3) is 0 Å². The molecule has 0 radical (unpaired) electrons. The molecule has 0 fully saturated rings. The zero-order valence-corrected chi connectivity index (χ0v) is 16.3. The third-order valence-corrected chi connectivity index (χ3v) is 4.38. The Morgan fingerprint density at radius 3 is 2.60 bits per heavy atom. The molecule has 2 amide bonds. The van der Waals surface area contributed by atoms with Crippen molar-refractivity contribution in [2.24, 2.45) is 0 Å². The van der Waals surface area contributed by atoms with E-state index in [-0.39, 0.29) is 5.95 Å². The highest BCUT2D eigenvalue weighted by Gasteiger charge is 2.07. The van der Waals surface area contributed by atoms with Crippen LogP contribution >= 0.6 is 0 Å². The summed E-state index contributed by atoms with van der Waals surface area (Å²) < 4.78 is 5.11. The molecule has 4 aromatic rings. The number of amides is 2. The summed E-state index contributed by atoms with van der Waals surface area (Å²) >= 11 is 0. The molecule has 150 valence electrons. The highest BCUT2D eigenvalue weighted by Crippen LogP contribution is 2.19. The fraction of sp³-hybridized carbons (Fsp3) is 0.0909. The van der Waals surface area contributed by atoms with Crippen molar-refractivity contribution in [1.29, 1.82) is 0 Å². The van der Waals surface area contributed by atoms with Crippen LogP contribution in [0, 0.1) is 0 Å². The number of hydrogen-bond donors (Lipinski definition) is 3. The van der Waals surface area contributed by atoms with Crippen LogP contribution in [-0.4, -0.2) is 28.1 Å². The number of aromatic nitrogens is 3. The molecule has 0 unspecified atom stereocenters. The number of urea groups is 1. The van der Waals surface area contributed by atoms with E-state index in [2.05, 4.69) is 30.9 Å². The Labute approximate surface area is 173 Å². The number of rotatable bonds is 6. The zero-order chi connectivity index (χ0) is 20.8. The van der Waals surface area contributed by atoms with Gasteiger partial charge in [-0.2, -0.15) is 0 Å². The van der Waals surface area contributed by atoms with Gasteiger partial charge in [0.05, 0.1) is 12.6 Å². The molecule has 2 aromatic carbocycles.